The SMILES string of the molecule is CC.COP(C)(=O)OCC1CCC(C)O1.COP(C)(=O)OCC1CCC(C)O1.[CH3-].[Y]. The Morgan fingerprint density at radius 2 is 1.07 bits per heavy atom. The Kier molecular flexibility index (Phi) is 22.4. The molecule has 0 aromatic carbocycles. The van der Waals surface area contributed by atoms with Gasteiger partial charge in [-0.25, -0.2) is 0 Å². The zero-order valence-corrected chi connectivity index (χ0v) is 24.9. The summed E-state index contributed by atoms with van der Waals surface area (Å²) in [5.41, 5.74) is 0. The maximum absolute atomic E-state index is 11.3. The molecule has 2 aliphatic rings. The van der Waals surface area contributed by atoms with Crippen molar-refractivity contribution in [3.63, 3.8) is 0 Å². The zero-order valence-electron chi connectivity index (χ0n) is 20.3. The summed E-state index contributed by atoms with van der Waals surface area (Å²) in [7, 11) is -2.88. The minimum atomic E-state index is -2.83. The van der Waals surface area contributed by atoms with E-state index in [2.05, 4.69) is 0 Å². The van der Waals surface area contributed by atoms with Crippen molar-refractivity contribution < 1.29 is 69.4 Å². The predicted molar refractivity (Wildman–Crippen MR) is 118 cm³/mol. The van der Waals surface area contributed by atoms with E-state index in [1.807, 2.05) is 27.7 Å². The van der Waals surface area contributed by atoms with Gasteiger partial charge in [0, 0.05) is 60.3 Å². The summed E-state index contributed by atoms with van der Waals surface area (Å²) < 4.78 is 53.3. The molecule has 11 heteroatoms. The van der Waals surface area contributed by atoms with Crippen LogP contribution in [0, 0.1) is 7.43 Å². The number of hydrogen-bond acceptors (Lipinski definition) is 8. The van der Waals surface area contributed by atoms with Crippen molar-refractivity contribution in [3.8, 4) is 0 Å². The van der Waals surface area contributed by atoms with Crippen LogP contribution in [0.2, 0.25) is 0 Å². The van der Waals surface area contributed by atoms with Crippen LogP contribution in [0.4, 0.5) is 0 Å². The summed E-state index contributed by atoms with van der Waals surface area (Å²) in [4.78, 5) is 0. The van der Waals surface area contributed by atoms with Crippen LogP contribution in [0.1, 0.15) is 53.4 Å². The quantitative estimate of drug-likeness (QED) is 0.287. The van der Waals surface area contributed by atoms with Crippen LogP contribution in [0.25, 0.3) is 0 Å². The molecule has 30 heavy (non-hydrogen) atoms. The van der Waals surface area contributed by atoms with Crippen LogP contribution >= 0.6 is 15.2 Å². The molecule has 0 aromatic rings. The minimum absolute atomic E-state index is 0. The molecule has 0 amide bonds. The van der Waals surface area contributed by atoms with Gasteiger partial charge in [0.05, 0.1) is 37.6 Å². The molecule has 2 aliphatic heterocycles. The average molecular weight is 550 g/mol. The second kappa shape index (κ2) is 18.7. The first-order chi connectivity index (χ1) is 13.1. The second-order valence-corrected chi connectivity index (χ2v) is 11.1. The van der Waals surface area contributed by atoms with Gasteiger partial charge in [0.2, 0.25) is 0 Å². The normalized spacial score (nSPS) is 28.9. The molecule has 8 nitrogen and oxygen atoms in total. The van der Waals surface area contributed by atoms with E-state index in [1.54, 1.807) is 0 Å². The van der Waals surface area contributed by atoms with E-state index >= 15 is 0 Å². The molecule has 1 radical (unpaired) electrons. The summed E-state index contributed by atoms with van der Waals surface area (Å²) in [6, 6.07) is 0. The van der Waals surface area contributed by atoms with Crippen molar-refractivity contribution >= 4 is 15.2 Å². The smallest absolute Gasteiger partial charge is 0.327 e. The van der Waals surface area contributed by atoms with Crippen molar-refractivity contribution in [3.05, 3.63) is 7.43 Å². The largest absolute Gasteiger partial charge is 0.373 e. The molecular formula is C19H43O8P2Y-. The fourth-order valence-electron chi connectivity index (χ4n) is 2.56. The average Bonchev–Trinajstić information content (AvgIpc) is 3.29. The minimum Gasteiger partial charge on any atom is -0.373 e. The topological polar surface area (TPSA) is 89.5 Å². The molecule has 0 saturated carbocycles. The third kappa shape index (κ3) is 16.9. The summed E-state index contributed by atoms with van der Waals surface area (Å²) in [6.07, 6.45) is 4.82. The predicted octanol–water partition coefficient (Wildman–Crippen LogP) is 5.55. The summed E-state index contributed by atoms with van der Waals surface area (Å²) in [5.74, 6) is 0. The number of hydrogen-bond donors (Lipinski definition) is 0. The Labute approximate surface area is 209 Å². The molecule has 0 aliphatic carbocycles. The molecule has 181 valence electrons. The van der Waals surface area contributed by atoms with Gasteiger partial charge < -0.3 is 35.0 Å². The first kappa shape index (κ1) is 35.9. The van der Waals surface area contributed by atoms with E-state index in [9.17, 15) is 9.13 Å². The Morgan fingerprint density at radius 3 is 1.27 bits per heavy atom. The maximum Gasteiger partial charge on any atom is 0.327 e. The molecule has 2 saturated heterocycles. The Morgan fingerprint density at radius 1 is 0.767 bits per heavy atom. The van der Waals surface area contributed by atoms with E-state index in [-0.39, 0.29) is 52.3 Å². The molecule has 2 rings (SSSR count). The van der Waals surface area contributed by atoms with Crippen LogP contribution in [0.3, 0.4) is 0 Å². The Balaban J connectivity index is -0.000000423. The molecule has 0 spiro atoms. The molecule has 6 atom stereocenters. The number of rotatable bonds is 8. The van der Waals surface area contributed by atoms with Gasteiger partial charge >= 0.3 is 15.2 Å². The molecule has 0 bridgehead atoms. The van der Waals surface area contributed by atoms with E-state index in [0.717, 1.165) is 25.7 Å². The van der Waals surface area contributed by atoms with Crippen molar-refractivity contribution in [1.29, 1.82) is 0 Å². The molecule has 0 N–H and O–H groups in total. The first-order valence-electron chi connectivity index (χ1n) is 9.93. The van der Waals surface area contributed by atoms with Gasteiger partial charge in [0.1, 0.15) is 0 Å². The van der Waals surface area contributed by atoms with E-state index in [1.165, 1.54) is 27.5 Å². The molecule has 2 heterocycles. The Bertz CT molecular complexity index is 465. The zero-order chi connectivity index (χ0) is 21.8. The third-order valence-corrected chi connectivity index (χ3v) is 6.86. The number of ether oxygens (including phenoxy) is 2. The molecule has 0 aromatic heterocycles. The van der Waals surface area contributed by atoms with Gasteiger partial charge in [0.15, 0.2) is 0 Å². The third-order valence-electron chi connectivity index (χ3n) is 4.29. The standard InChI is InChI=1S/2C8H17O4P.C2H6.CH3.Y/c2*1-7-4-5-8(12-7)6-11-13(3,9)10-2;1-2;;/h2*7-8H,4-6H2,1-3H3;1-2H3;1H3;/q;;;-1;. The second-order valence-electron chi connectivity index (χ2n) is 6.79. The Hall–Kier alpha value is 1.32. The van der Waals surface area contributed by atoms with Crippen LogP contribution in [-0.4, -0.2) is 65.2 Å². The molecule has 2 fully saturated rings. The van der Waals surface area contributed by atoms with Crippen molar-refractivity contribution in [2.45, 2.75) is 77.8 Å². The van der Waals surface area contributed by atoms with Gasteiger partial charge in [-0.05, 0) is 39.5 Å². The van der Waals surface area contributed by atoms with E-state index < -0.39 is 15.2 Å². The molecular weight excluding hydrogens is 507 g/mol. The van der Waals surface area contributed by atoms with Gasteiger partial charge in [-0.1, -0.05) is 13.8 Å². The van der Waals surface area contributed by atoms with Gasteiger partial charge in [-0.3, -0.25) is 9.13 Å². The van der Waals surface area contributed by atoms with Gasteiger partial charge in [-0.15, -0.1) is 0 Å². The fraction of sp³-hybridized carbons (Fsp3) is 0.947. The first-order valence-corrected chi connectivity index (χ1v) is 13.9. The van der Waals surface area contributed by atoms with Crippen LogP contribution in [-0.2, 0) is 69.4 Å². The van der Waals surface area contributed by atoms with Gasteiger partial charge in [0.25, 0.3) is 0 Å². The monoisotopic (exact) mass is 550 g/mol. The molecule has 6 unspecified atom stereocenters. The van der Waals surface area contributed by atoms with Crippen LogP contribution in [0.15, 0.2) is 0 Å². The van der Waals surface area contributed by atoms with Crippen molar-refractivity contribution in [2.75, 3.05) is 40.8 Å². The van der Waals surface area contributed by atoms with Crippen molar-refractivity contribution in [2.24, 2.45) is 0 Å². The van der Waals surface area contributed by atoms with E-state index in [0.29, 0.717) is 25.4 Å². The summed E-state index contributed by atoms with van der Waals surface area (Å²) in [5, 5.41) is 0. The van der Waals surface area contributed by atoms with Crippen molar-refractivity contribution in [1.82, 2.24) is 0 Å². The summed E-state index contributed by atoms with van der Waals surface area (Å²) >= 11 is 0. The maximum atomic E-state index is 11.3. The van der Waals surface area contributed by atoms with Crippen LogP contribution < -0.4 is 0 Å². The van der Waals surface area contributed by atoms with Crippen LogP contribution in [0.5, 0.6) is 0 Å². The van der Waals surface area contributed by atoms with Gasteiger partial charge in [-0.2, -0.15) is 0 Å². The van der Waals surface area contributed by atoms with E-state index in [4.69, 9.17) is 27.6 Å². The summed E-state index contributed by atoms with van der Waals surface area (Å²) in [6.45, 7) is 11.7. The fourth-order valence-corrected chi connectivity index (χ4v) is 3.64.